The molecule has 4 nitrogen and oxygen atoms in total. The molecular formula is C17H25N3O. The minimum absolute atomic E-state index is 0.00108. The Morgan fingerprint density at radius 1 is 1.29 bits per heavy atom. The van der Waals surface area contributed by atoms with Crippen molar-refractivity contribution in [2.24, 2.45) is 0 Å². The Balaban J connectivity index is 1.87. The highest BCUT2D eigenvalue weighted by molar-refractivity contribution is 5.27. The van der Waals surface area contributed by atoms with Crippen molar-refractivity contribution in [1.29, 1.82) is 0 Å². The third-order valence-corrected chi connectivity index (χ3v) is 3.54. The summed E-state index contributed by atoms with van der Waals surface area (Å²) < 4.78 is 1.96. The van der Waals surface area contributed by atoms with Crippen molar-refractivity contribution >= 4 is 0 Å². The van der Waals surface area contributed by atoms with Crippen LogP contribution in [0.25, 0.3) is 0 Å². The molecule has 2 N–H and O–H groups in total. The summed E-state index contributed by atoms with van der Waals surface area (Å²) >= 11 is 0. The number of hydrogen-bond acceptors (Lipinski definition) is 3. The fraction of sp³-hybridized carbons (Fsp3) is 0.471. The topological polar surface area (TPSA) is 50.1 Å². The van der Waals surface area contributed by atoms with Gasteiger partial charge in [0.1, 0.15) is 0 Å². The lowest BCUT2D eigenvalue weighted by Crippen LogP contribution is -2.23. The zero-order valence-corrected chi connectivity index (χ0v) is 13.3. The van der Waals surface area contributed by atoms with Gasteiger partial charge in [-0.05, 0) is 38.8 Å². The van der Waals surface area contributed by atoms with Gasteiger partial charge in [-0.15, -0.1) is 0 Å². The van der Waals surface area contributed by atoms with Gasteiger partial charge in [0.25, 0.3) is 0 Å². The molecule has 21 heavy (non-hydrogen) atoms. The number of aromatic nitrogens is 2. The van der Waals surface area contributed by atoms with Crippen molar-refractivity contribution < 1.29 is 5.11 Å². The van der Waals surface area contributed by atoms with E-state index in [2.05, 4.69) is 31.2 Å². The molecule has 2 aromatic rings. The largest absolute Gasteiger partial charge is 0.387 e. The summed E-state index contributed by atoms with van der Waals surface area (Å²) in [6.07, 6.45) is 3.44. The van der Waals surface area contributed by atoms with Gasteiger partial charge in [-0.3, -0.25) is 4.68 Å². The van der Waals surface area contributed by atoms with E-state index >= 15 is 0 Å². The van der Waals surface area contributed by atoms with Crippen LogP contribution in [0.5, 0.6) is 0 Å². The summed E-state index contributed by atoms with van der Waals surface area (Å²) in [5.74, 6) is 0. The van der Waals surface area contributed by atoms with Crippen LogP contribution in [0, 0.1) is 6.92 Å². The van der Waals surface area contributed by atoms with Crippen LogP contribution in [0.2, 0.25) is 0 Å². The van der Waals surface area contributed by atoms with Gasteiger partial charge in [0, 0.05) is 24.8 Å². The molecule has 0 spiro atoms. The molecule has 1 atom stereocenters. The highest BCUT2D eigenvalue weighted by Crippen LogP contribution is 2.17. The second-order valence-electron chi connectivity index (χ2n) is 6.47. The van der Waals surface area contributed by atoms with Crippen molar-refractivity contribution in [3.05, 3.63) is 53.3 Å². The molecular weight excluding hydrogens is 262 g/mol. The lowest BCUT2D eigenvalue weighted by Gasteiger charge is -2.18. The third kappa shape index (κ3) is 4.16. The van der Waals surface area contributed by atoms with Crippen molar-refractivity contribution in [2.45, 2.75) is 45.9 Å². The van der Waals surface area contributed by atoms with Gasteiger partial charge in [-0.1, -0.05) is 24.3 Å². The Kier molecular flexibility index (Phi) is 4.80. The SMILES string of the molecule is Cc1ccccc1C(O)CNCc1cnn(C(C)(C)C)c1. The zero-order chi connectivity index (χ0) is 15.5. The summed E-state index contributed by atoms with van der Waals surface area (Å²) in [5.41, 5.74) is 3.23. The molecule has 0 aliphatic heterocycles. The third-order valence-electron chi connectivity index (χ3n) is 3.54. The molecule has 0 fully saturated rings. The van der Waals surface area contributed by atoms with E-state index < -0.39 is 6.10 Å². The zero-order valence-electron chi connectivity index (χ0n) is 13.3. The van der Waals surface area contributed by atoms with Crippen LogP contribution < -0.4 is 5.32 Å². The van der Waals surface area contributed by atoms with Crippen LogP contribution in [0.3, 0.4) is 0 Å². The fourth-order valence-electron chi connectivity index (χ4n) is 2.24. The molecule has 0 saturated heterocycles. The highest BCUT2D eigenvalue weighted by atomic mass is 16.3. The summed E-state index contributed by atoms with van der Waals surface area (Å²) in [6.45, 7) is 9.63. The van der Waals surface area contributed by atoms with E-state index in [0.717, 1.165) is 16.7 Å². The van der Waals surface area contributed by atoms with Crippen molar-refractivity contribution in [3.63, 3.8) is 0 Å². The van der Waals surface area contributed by atoms with E-state index in [1.807, 2.05) is 48.3 Å². The first-order valence-corrected chi connectivity index (χ1v) is 7.36. The predicted molar refractivity (Wildman–Crippen MR) is 85.1 cm³/mol. The molecule has 1 unspecified atom stereocenters. The van der Waals surface area contributed by atoms with E-state index in [1.165, 1.54) is 0 Å². The van der Waals surface area contributed by atoms with Crippen molar-refractivity contribution in [3.8, 4) is 0 Å². The highest BCUT2D eigenvalue weighted by Gasteiger charge is 2.14. The lowest BCUT2D eigenvalue weighted by molar-refractivity contribution is 0.173. The van der Waals surface area contributed by atoms with E-state index in [9.17, 15) is 5.11 Å². The molecule has 114 valence electrons. The molecule has 0 bridgehead atoms. The number of rotatable bonds is 5. The summed E-state index contributed by atoms with van der Waals surface area (Å²) in [6, 6.07) is 7.93. The normalized spacial score (nSPS) is 13.4. The Bertz CT molecular complexity index is 584. The van der Waals surface area contributed by atoms with E-state index in [0.29, 0.717) is 13.1 Å². The molecule has 0 aliphatic carbocycles. The first kappa shape index (κ1) is 15.7. The van der Waals surface area contributed by atoms with Gasteiger partial charge in [-0.25, -0.2) is 0 Å². The van der Waals surface area contributed by atoms with E-state index in [-0.39, 0.29) is 5.54 Å². The predicted octanol–water partition coefficient (Wildman–Crippen LogP) is 2.77. The van der Waals surface area contributed by atoms with Gasteiger partial charge >= 0.3 is 0 Å². The molecule has 1 heterocycles. The van der Waals surface area contributed by atoms with Crippen LogP contribution in [-0.4, -0.2) is 21.4 Å². The van der Waals surface area contributed by atoms with Crippen LogP contribution >= 0.6 is 0 Å². The van der Waals surface area contributed by atoms with Gasteiger partial charge in [0.2, 0.25) is 0 Å². The number of nitrogens with one attached hydrogen (secondary N) is 1. The van der Waals surface area contributed by atoms with Gasteiger partial charge < -0.3 is 10.4 Å². The molecule has 1 aromatic heterocycles. The number of aliphatic hydroxyl groups excluding tert-OH is 1. The van der Waals surface area contributed by atoms with E-state index in [1.54, 1.807) is 0 Å². The second-order valence-corrected chi connectivity index (χ2v) is 6.47. The Morgan fingerprint density at radius 2 is 2.00 bits per heavy atom. The number of aliphatic hydroxyl groups is 1. The smallest absolute Gasteiger partial charge is 0.0917 e. The average molecular weight is 287 g/mol. The average Bonchev–Trinajstić information content (AvgIpc) is 2.88. The quantitative estimate of drug-likeness (QED) is 0.889. The van der Waals surface area contributed by atoms with Crippen LogP contribution in [0.15, 0.2) is 36.7 Å². The summed E-state index contributed by atoms with van der Waals surface area (Å²) in [5, 5.41) is 17.9. The first-order chi connectivity index (χ1) is 9.88. The molecule has 0 radical (unpaired) electrons. The number of nitrogens with zero attached hydrogens (tertiary/aromatic N) is 2. The molecule has 1 aromatic carbocycles. The Hall–Kier alpha value is -1.65. The summed E-state index contributed by atoms with van der Waals surface area (Å²) in [7, 11) is 0. The first-order valence-electron chi connectivity index (χ1n) is 7.36. The van der Waals surface area contributed by atoms with Crippen LogP contribution in [0.1, 0.15) is 43.6 Å². The van der Waals surface area contributed by atoms with Gasteiger partial charge in [0.05, 0.1) is 17.8 Å². The summed E-state index contributed by atoms with van der Waals surface area (Å²) in [4.78, 5) is 0. The maximum absolute atomic E-state index is 10.2. The number of benzene rings is 1. The maximum Gasteiger partial charge on any atom is 0.0917 e. The standard InChI is InChI=1S/C17H25N3O/c1-13-7-5-6-8-15(13)16(21)11-18-9-14-10-19-20(12-14)17(2,3)4/h5-8,10,12,16,18,21H,9,11H2,1-4H3. The van der Waals surface area contributed by atoms with Gasteiger partial charge in [-0.2, -0.15) is 5.10 Å². The lowest BCUT2D eigenvalue weighted by atomic mass is 10.0. The number of aryl methyl sites for hydroxylation is 1. The van der Waals surface area contributed by atoms with E-state index in [4.69, 9.17) is 0 Å². The molecule has 0 saturated carbocycles. The van der Waals surface area contributed by atoms with Crippen molar-refractivity contribution in [2.75, 3.05) is 6.54 Å². The minimum atomic E-state index is -0.483. The van der Waals surface area contributed by atoms with Crippen molar-refractivity contribution in [1.82, 2.24) is 15.1 Å². The van der Waals surface area contributed by atoms with Crippen LogP contribution in [0.4, 0.5) is 0 Å². The molecule has 2 rings (SSSR count). The second kappa shape index (κ2) is 6.41. The monoisotopic (exact) mass is 287 g/mol. The molecule has 0 amide bonds. The molecule has 4 heteroatoms. The molecule has 0 aliphatic rings. The fourth-order valence-corrected chi connectivity index (χ4v) is 2.24. The van der Waals surface area contributed by atoms with Crippen LogP contribution in [-0.2, 0) is 12.1 Å². The maximum atomic E-state index is 10.2. The Morgan fingerprint density at radius 3 is 2.62 bits per heavy atom. The van der Waals surface area contributed by atoms with Gasteiger partial charge in [0.15, 0.2) is 0 Å². The Labute approximate surface area is 126 Å². The number of hydrogen-bond donors (Lipinski definition) is 2. The minimum Gasteiger partial charge on any atom is -0.387 e.